The van der Waals surface area contributed by atoms with Gasteiger partial charge in [0, 0.05) is 19.8 Å². The molecule has 1 amide bonds. The quantitative estimate of drug-likeness (QED) is 0.812. The van der Waals surface area contributed by atoms with Crippen molar-refractivity contribution in [3.63, 3.8) is 0 Å². The first-order chi connectivity index (χ1) is 9.08. The van der Waals surface area contributed by atoms with Gasteiger partial charge in [-0.1, -0.05) is 29.8 Å². The Labute approximate surface area is 121 Å². The molecule has 2 aromatic rings. The maximum absolute atomic E-state index is 12.3. The van der Waals surface area contributed by atoms with E-state index in [2.05, 4.69) is 20.9 Å². The number of carbonyl (C=O) groups excluding carboxylic acids is 1. The fraction of sp³-hybridized carbons (Fsp3) is 0.200. The van der Waals surface area contributed by atoms with Crippen LogP contribution in [0.2, 0.25) is 0 Å². The second-order valence-electron chi connectivity index (χ2n) is 4.49. The third-order valence-electron chi connectivity index (χ3n) is 2.88. The van der Waals surface area contributed by atoms with Crippen LogP contribution < -0.4 is 0 Å². The van der Waals surface area contributed by atoms with Gasteiger partial charge in [-0.25, -0.2) is 4.98 Å². The highest BCUT2D eigenvalue weighted by Gasteiger charge is 2.15. The van der Waals surface area contributed by atoms with Gasteiger partial charge >= 0.3 is 0 Å². The van der Waals surface area contributed by atoms with Gasteiger partial charge in [0.1, 0.15) is 4.60 Å². The minimum Gasteiger partial charge on any atom is -0.337 e. The molecule has 4 heteroatoms. The van der Waals surface area contributed by atoms with E-state index in [9.17, 15) is 4.79 Å². The fourth-order valence-electron chi connectivity index (χ4n) is 1.79. The molecule has 0 saturated heterocycles. The van der Waals surface area contributed by atoms with E-state index in [0.29, 0.717) is 16.7 Å². The molecule has 0 saturated carbocycles. The molecule has 0 unspecified atom stereocenters. The maximum atomic E-state index is 12.3. The number of pyridine rings is 1. The third-order valence-corrected chi connectivity index (χ3v) is 3.51. The zero-order valence-electron chi connectivity index (χ0n) is 10.9. The lowest BCUT2D eigenvalue weighted by atomic mass is 10.1. The number of carbonyl (C=O) groups is 1. The highest BCUT2D eigenvalue weighted by atomic mass is 79.9. The van der Waals surface area contributed by atoms with E-state index in [0.717, 1.165) is 5.56 Å². The predicted molar refractivity (Wildman–Crippen MR) is 78.9 cm³/mol. The molecule has 0 aliphatic heterocycles. The van der Waals surface area contributed by atoms with E-state index in [1.807, 2.05) is 31.2 Å². The lowest BCUT2D eigenvalue weighted by Gasteiger charge is -2.17. The summed E-state index contributed by atoms with van der Waals surface area (Å²) in [5, 5.41) is 0. The summed E-state index contributed by atoms with van der Waals surface area (Å²) in [5.41, 5.74) is 2.91. The minimum atomic E-state index is -0.0412. The van der Waals surface area contributed by atoms with Gasteiger partial charge in [-0.15, -0.1) is 0 Å². The van der Waals surface area contributed by atoms with Gasteiger partial charge in [0.15, 0.2) is 0 Å². The second-order valence-corrected chi connectivity index (χ2v) is 5.24. The van der Waals surface area contributed by atoms with Crippen molar-refractivity contribution >= 4 is 21.8 Å². The number of amides is 1. The summed E-state index contributed by atoms with van der Waals surface area (Å²) in [4.78, 5) is 18.1. The maximum Gasteiger partial charge on any atom is 0.256 e. The molecule has 0 radical (unpaired) electrons. The van der Waals surface area contributed by atoms with Crippen LogP contribution in [0.15, 0.2) is 47.2 Å². The third kappa shape index (κ3) is 3.41. The van der Waals surface area contributed by atoms with E-state index in [1.54, 1.807) is 30.3 Å². The highest BCUT2D eigenvalue weighted by molar-refractivity contribution is 9.10. The predicted octanol–water partition coefficient (Wildman–Crippen LogP) is 3.42. The van der Waals surface area contributed by atoms with Crippen molar-refractivity contribution in [1.29, 1.82) is 0 Å². The van der Waals surface area contributed by atoms with Crippen molar-refractivity contribution in [2.45, 2.75) is 13.5 Å². The van der Waals surface area contributed by atoms with Crippen LogP contribution >= 0.6 is 15.9 Å². The number of halogens is 1. The number of benzene rings is 1. The molecule has 1 heterocycles. The topological polar surface area (TPSA) is 33.2 Å². The van der Waals surface area contributed by atoms with Crippen LogP contribution in [-0.2, 0) is 6.54 Å². The summed E-state index contributed by atoms with van der Waals surface area (Å²) in [6, 6.07) is 11.7. The lowest BCUT2D eigenvalue weighted by Crippen LogP contribution is -2.26. The number of aryl methyl sites for hydroxylation is 1. The van der Waals surface area contributed by atoms with Gasteiger partial charge in [-0.05, 0) is 40.5 Å². The SMILES string of the molecule is Cc1ccc(CN(C)C(=O)c2cccnc2Br)cc1. The Morgan fingerprint density at radius 1 is 1.26 bits per heavy atom. The molecule has 1 aromatic heterocycles. The standard InChI is InChI=1S/C15H15BrN2O/c1-11-5-7-12(8-6-11)10-18(2)15(19)13-4-3-9-17-14(13)16/h3-9H,10H2,1-2H3. The smallest absolute Gasteiger partial charge is 0.256 e. The molecule has 0 spiro atoms. The normalized spacial score (nSPS) is 10.3. The molecular weight excluding hydrogens is 304 g/mol. The molecule has 0 bridgehead atoms. The van der Waals surface area contributed by atoms with E-state index in [4.69, 9.17) is 0 Å². The fourth-order valence-corrected chi connectivity index (χ4v) is 2.21. The van der Waals surface area contributed by atoms with Crippen LogP contribution in [0.4, 0.5) is 0 Å². The van der Waals surface area contributed by atoms with Gasteiger partial charge in [-0.2, -0.15) is 0 Å². The number of aromatic nitrogens is 1. The van der Waals surface area contributed by atoms with Crippen LogP contribution in [0.5, 0.6) is 0 Å². The number of rotatable bonds is 3. The van der Waals surface area contributed by atoms with E-state index >= 15 is 0 Å². The summed E-state index contributed by atoms with van der Waals surface area (Å²) >= 11 is 3.30. The summed E-state index contributed by atoms with van der Waals surface area (Å²) in [7, 11) is 1.79. The van der Waals surface area contributed by atoms with Crippen molar-refractivity contribution in [1.82, 2.24) is 9.88 Å². The minimum absolute atomic E-state index is 0.0412. The summed E-state index contributed by atoms with van der Waals surface area (Å²) in [6.07, 6.45) is 1.65. The van der Waals surface area contributed by atoms with Crippen molar-refractivity contribution in [3.05, 3.63) is 63.9 Å². The van der Waals surface area contributed by atoms with Gasteiger partial charge in [0.25, 0.3) is 5.91 Å². The molecule has 3 nitrogen and oxygen atoms in total. The van der Waals surface area contributed by atoms with Crippen molar-refractivity contribution in [2.75, 3.05) is 7.05 Å². The van der Waals surface area contributed by atoms with Crippen LogP contribution in [0.3, 0.4) is 0 Å². The van der Waals surface area contributed by atoms with Crippen LogP contribution in [0.25, 0.3) is 0 Å². The average Bonchev–Trinajstić information content (AvgIpc) is 2.41. The molecule has 2 rings (SSSR count). The van der Waals surface area contributed by atoms with E-state index < -0.39 is 0 Å². The van der Waals surface area contributed by atoms with Crippen molar-refractivity contribution in [3.8, 4) is 0 Å². The van der Waals surface area contributed by atoms with Crippen molar-refractivity contribution in [2.24, 2.45) is 0 Å². The zero-order valence-corrected chi connectivity index (χ0v) is 12.5. The van der Waals surface area contributed by atoms with E-state index in [-0.39, 0.29) is 5.91 Å². The van der Waals surface area contributed by atoms with Crippen LogP contribution in [0, 0.1) is 6.92 Å². The first kappa shape index (κ1) is 13.7. The molecule has 0 N–H and O–H groups in total. The first-order valence-electron chi connectivity index (χ1n) is 5.99. The molecule has 0 atom stereocenters. The molecule has 19 heavy (non-hydrogen) atoms. The average molecular weight is 319 g/mol. The van der Waals surface area contributed by atoms with Gasteiger partial charge in [-0.3, -0.25) is 4.79 Å². The summed E-state index contributed by atoms with van der Waals surface area (Å²) < 4.78 is 0.579. The molecule has 0 aliphatic carbocycles. The van der Waals surface area contributed by atoms with Gasteiger partial charge in [0.2, 0.25) is 0 Å². The first-order valence-corrected chi connectivity index (χ1v) is 6.79. The van der Waals surface area contributed by atoms with E-state index in [1.165, 1.54) is 5.56 Å². The summed E-state index contributed by atoms with van der Waals surface area (Å²) in [5.74, 6) is -0.0412. The molecule has 0 fully saturated rings. The Balaban J connectivity index is 2.12. The lowest BCUT2D eigenvalue weighted by molar-refractivity contribution is 0.0783. The van der Waals surface area contributed by atoms with Crippen LogP contribution in [0.1, 0.15) is 21.5 Å². The Kier molecular flexibility index (Phi) is 4.32. The molecular formula is C15H15BrN2O. The number of nitrogens with zero attached hydrogens (tertiary/aromatic N) is 2. The molecule has 98 valence electrons. The Hall–Kier alpha value is -1.68. The molecule has 0 aliphatic rings. The highest BCUT2D eigenvalue weighted by Crippen LogP contribution is 2.16. The molecule has 1 aromatic carbocycles. The largest absolute Gasteiger partial charge is 0.337 e. The van der Waals surface area contributed by atoms with Crippen molar-refractivity contribution < 1.29 is 4.79 Å². The number of hydrogen-bond acceptors (Lipinski definition) is 2. The van der Waals surface area contributed by atoms with Crippen LogP contribution in [-0.4, -0.2) is 22.8 Å². The Bertz CT molecular complexity index is 581. The monoisotopic (exact) mass is 318 g/mol. The zero-order chi connectivity index (χ0) is 13.8. The Morgan fingerprint density at radius 2 is 1.95 bits per heavy atom. The van der Waals surface area contributed by atoms with Gasteiger partial charge in [0.05, 0.1) is 5.56 Å². The Morgan fingerprint density at radius 3 is 2.58 bits per heavy atom. The van der Waals surface area contributed by atoms with Gasteiger partial charge < -0.3 is 4.90 Å². The summed E-state index contributed by atoms with van der Waals surface area (Å²) in [6.45, 7) is 2.63. The number of hydrogen-bond donors (Lipinski definition) is 0. The second kappa shape index (κ2) is 5.97.